The predicted octanol–water partition coefficient (Wildman–Crippen LogP) is 1.95. The fourth-order valence-corrected chi connectivity index (χ4v) is 5.81. The third-order valence-electron chi connectivity index (χ3n) is 6.30. The van der Waals surface area contributed by atoms with Gasteiger partial charge in [0.15, 0.2) is 0 Å². The highest BCUT2D eigenvalue weighted by Gasteiger charge is 2.50. The van der Waals surface area contributed by atoms with E-state index in [1.165, 1.54) is 38.8 Å². The summed E-state index contributed by atoms with van der Waals surface area (Å²) in [6.07, 6.45) is 7.65. The van der Waals surface area contributed by atoms with E-state index in [4.69, 9.17) is 5.26 Å². The van der Waals surface area contributed by atoms with E-state index in [0.717, 1.165) is 42.8 Å². The molecular formula is C16H25N3. The van der Waals surface area contributed by atoms with Gasteiger partial charge in [0.05, 0.1) is 12.6 Å². The van der Waals surface area contributed by atoms with Crippen molar-refractivity contribution in [2.75, 3.05) is 32.7 Å². The summed E-state index contributed by atoms with van der Waals surface area (Å²) < 4.78 is 0. The lowest BCUT2D eigenvalue weighted by Gasteiger charge is -2.58. The van der Waals surface area contributed by atoms with E-state index >= 15 is 0 Å². The first-order chi connectivity index (χ1) is 9.33. The third kappa shape index (κ3) is 2.10. The van der Waals surface area contributed by atoms with Crippen molar-refractivity contribution in [1.82, 2.24) is 9.80 Å². The molecule has 0 radical (unpaired) electrons. The van der Waals surface area contributed by atoms with E-state index in [-0.39, 0.29) is 0 Å². The van der Waals surface area contributed by atoms with Crippen LogP contribution in [0.5, 0.6) is 0 Å². The summed E-state index contributed by atoms with van der Waals surface area (Å²) in [4.78, 5) is 5.10. The molecular weight excluding hydrogens is 234 g/mol. The Morgan fingerprint density at radius 1 is 0.842 bits per heavy atom. The van der Waals surface area contributed by atoms with Gasteiger partial charge in [0.1, 0.15) is 0 Å². The van der Waals surface area contributed by atoms with Gasteiger partial charge in [0.25, 0.3) is 0 Å². The Bertz CT molecular complexity index is 350. The minimum absolute atomic E-state index is 0.621. The predicted molar refractivity (Wildman–Crippen MR) is 74.5 cm³/mol. The maximum Gasteiger partial charge on any atom is 0.0866 e. The van der Waals surface area contributed by atoms with Crippen molar-refractivity contribution in [1.29, 1.82) is 5.26 Å². The number of hydrogen-bond acceptors (Lipinski definition) is 3. The van der Waals surface area contributed by atoms with Crippen LogP contribution in [0.3, 0.4) is 0 Å². The summed E-state index contributed by atoms with van der Waals surface area (Å²) in [5.41, 5.74) is 0. The first-order valence-electron chi connectivity index (χ1n) is 8.17. The van der Waals surface area contributed by atoms with Crippen molar-refractivity contribution in [3.05, 3.63) is 0 Å². The zero-order valence-corrected chi connectivity index (χ0v) is 11.8. The molecule has 0 aromatic heterocycles. The second kappa shape index (κ2) is 4.75. The zero-order valence-electron chi connectivity index (χ0n) is 11.8. The highest BCUT2D eigenvalue weighted by atomic mass is 15.3. The SMILES string of the molecule is N#CCN1CCN(C2C3CC4CC(C3)CC2C4)CC1. The summed E-state index contributed by atoms with van der Waals surface area (Å²) >= 11 is 0. The van der Waals surface area contributed by atoms with Crippen molar-refractivity contribution < 1.29 is 0 Å². The highest BCUT2D eigenvalue weighted by Crippen LogP contribution is 2.55. The Balaban J connectivity index is 1.42. The fourth-order valence-electron chi connectivity index (χ4n) is 5.81. The van der Waals surface area contributed by atoms with Crippen molar-refractivity contribution in [2.45, 2.75) is 38.1 Å². The molecule has 0 aromatic rings. The van der Waals surface area contributed by atoms with Crippen LogP contribution in [-0.4, -0.2) is 48.6 Å². The molecule has 5 fully saturated rings. The van der Waals surface area contributed by atoms with Crippen LogP contribution < -0.4 is 0 Å². The molecule has 0 spiro atoms. The van der Waals surface area contributed by atoms with Gasteiger partial charge >= 0.3 is 0 Å². The molecule has 0 amide bonds. The summed E-state index contributed by atoms with van der Waals surface area (Å²) in [5, 5.41) is 8.79. The van der Waals surface area contributed by atoms with E-state index in [1.807, 2.05) is 0 Å². The van der Waals surface area contributed by atoms with Crippen LogP contribution >= 0.6 is 0 Å². The summed E-state index contributed by atoms with van der Waals surface area (Å²) in [5.74, 6) is 4.19. The third-order valence-corrected chi connectivity index (χ3v) is 6.30. The Kier molecular flexibility index (Phi) is 3.04. The van der Waals surface area contributed by atoms with Crippen LogP contribution in [0.1, 0.15) is 32.1 Å². The lowest BCUT2D eigenvalue weighted by atomic mass is 9.54. The number of nitrogens with zero attached hydrogens (tertiary/aromatic N) is 3. The quantitative estimate of drug-likeness (QED) is 0.710. The van der Waals surface area contributed by atoms with Crippen molar-refractivity contribution in [3.63, 3.8) is 0 Å². The van der Waals surface area contributed by atoms with Crippen molar-refractivity contribution in [2.24, 2.45) is 23.7 Å². The van der Waals surface area contributed by atoms with Crippen molar-refractivity contribution >= 4 is 0 Å². The maximum atomic E-state index is 8.79. The van der Waals surface area contributed by atoms with Gasteiger partial charge in [-0.15, -0.1) is 0 Å². The molecule has 5 rings (SSSR count). The van der Waals surface area contributed by atoms with Crippen molar-refractivity contribution in [3.8, 4) is 6.07 Å². The molecule has 104 valence electrons. The van der Waals surface area contributed by atoms with Crippen LogP contribution in [0.4, 0.5) is 0 Å². The summed E-state index contributed by atoms with van der Waals surface area (Å²) in [6.45, 7) is 5.24. The minimum atomic E-state index is 0.621. The van der Waals surface area contributed by atoms with Gasteiger partial charge in [-0.2, -0.15) is 5.26 Å². The summed E-state index contributed by atoms with van der Waals surface area (Å²) in [6, 6.07) is 3.19. The smallest absolute Gasteiger partial charge is 0.0866 e. The average Bonchev–Trinajstić information content (AvgIpc) is 2.40. The van der Waals surface area contributed by atoms with E-state index in [1.54, 1.807) is 6.42 Å². The van der Waals surface area contributed by atoms with Gasteiger partial charge in [-0.05, 0) is 55.8 Å². The first kappa shape index (κ1) is 12.2. The molecule has 0 atom stereocenters. The van der Waals surface area contributed by atoms with Crippen LogP contribution in [0.25, 0.3) is 0 Å². The molecule has 0 unspecified atom stereocenters. The zero-order chi connectivity index (χ0) is 12.8. The molecule has 1 aliphatic heterocycles. The van der Waals surface area contributed by atoms with E-state index in [2.05, 4.69) is 15.9 Å². The molecule has 3 nitrogen and oxygen atoms in total. The number of rotatable bonds is 2. The standard InChI is InChI=1S/C16H25N3/c17-1-2-18-3-5-19(6-4-18)16-14-8-12-7-13(10-14)11-15(16)9-12/h12-16H,2-11H2. The van der Waals surface area contributed by atoms with Gasteiger partial charge in [-0.3, -0.25) is 9.80 Å². The highest BCUT2D eigenvalue weighted by molar-refractivity contribution is 5.02. The molecule has 0 N–H and O–H groups in total. The molecule has 4 saturated carbocycles. The maximum absolute atomic E-state index is 8.79. The van der Waals surface area contributed by atoms with Crippen LogP contribution in [0.2, 0.25) is 0 Å². The fraction of sp³-hybridized carbons (Fsp3) is 0.938. The Morgan fingerprint density at radius 3 is 1.95 bits per heavy atom. The average molecular weight is 259 g/mol. The first-order valence-corrected chi connectivity index (χ1v) is 8.17. The van der Waals surface area contributed by atoms with Gasteiger partial charge in [0, 0.05) is 32.2 Å². The largest absolute Gasteiger partial charge is 0.297 e. The van der Waals surface area contributed by atoms with Crippen LogP contribution in [0.15, 0.2) is 0 Å². The topological polar surface area (TPSA) is 30.3 Å². The Labute approximate surface area is 116 Å². The van der Waals surface area contributed by atoms with Crippen LogP contribution in [-0.2, 0) is 0 Å². The van der Waals surface area contributed by atoms with E-state index in [9.17, 15) is 0 Å². The molecule has 19 heavy (non-hydrogen) atoms. The normalized spacial score (nSPS) is 46.4. The molecule has 1 heterocycles. The second-order valence-corrected chi connectivity index (χ2v) is 7.39. The Hall–Kier alpha value is -0.590. The molecule has 0 aromatic carbocycles. The van der Waals surface area contributed by atoms with E-state index < -0.39 is 0 Å². The van der Waals surface area contributed by atoms with Gasteiger partial charge < -0.3 is 0 Å². The molecule has 4 aliphatic carbocycles. The molecule has 3 heteroatoms. The van der Waals surface area contributed by atoms with Gasteiger partial charge in [0.2, 0.25) is 0 Å². The number of hydrogen-bond donors (Lipinski definition) is 0. The second-order valence-electron chi connectivity index (χ2n) is 7.39. The minimum Gasteiger partial charge on any atom is -0.297 e. The van der Waals surface area contributed by atoms with Gasteiger partial charge in [-0.25, -0.2) is 0 Å². The van der Waals surface area contributed by atoms with Gasteiger partial charge in [-0.1, -0.05) is 0 Å². The number of nitriles is 1. The Morgan fingerprint density at radius 2 is 1.42 bits per heavy atom. The number of piperazine rings is 1. The molecule has 4 bridgehead atoms. The molecule has 1 saturated heterocycles. The molecule has 5 aliphatic rings. The van der Waals surface area contributed by atoms with Crippen LogP contribution in [0, 0.1) is 35.0 Å². The lowest BCUT2D eigenvalue weighted by Crippen LogP contribution is -2.60. The monoisotopic (exact) mass is 259 g/mol. The lowest BCUT2D eigenvalue weighted by molar-refractivity contribution is -0.0756. The summed E-state index contributed by atoms with van der Waals surface area (Å²) in [7, 11) is 0. The van der Waals surface area contributed by atoms with E-state index in [0.29, 0.717) is 6.54 Å².